The van der Waals surface area contributed by atoms with Crippen molar-refractivity contribution in [2.75, 3.05) is 6.61 Å². The van der Waals surface area contributed by atoms with Crippen LogP contribution in [0.15, 0.2) is 34.9 Å². The first-order valence-corrected chi connectivity index (χ1v) is 5.81. The SMILES string of the molecule is CCOC(=O)c1coc(Oc2ccccc2C(N)=O)n1. The van der Waals surface area contributed by atoms with Crippen molar-refractivity contribution in [3.8, 4) is 11.8 Å². The van der Waals surface area contributed by atoms with Crippen LogP contribution in [0.3, 0.4) is 0 Å². The molecule has 104 valence electrons. The molecule has 7 nitrogen and oxygen atoms in total. The molecule has 0 unspecified atom stereocenters. The quantitative estimate of drug-likeness (QED) is 0.834. The van der Waals surface area contributed by atoms with Gasteiger partial charge in [0, 0.05) is 0 Å². The van der Waals surface area contributed by atoms with Gasteiger partial charge in [-0.05, 0) is 19.1 Å². The third-order valence-electron chi connectivity index (χ3n) is 2.32. The zero-order valence-electron chi connectivity index (χ0n) is 10.7. The van der Waals surface area contributed by atoms with Crippen LogP contribution >= 0.6 is 0 Å². The van der Waals surface area contributed by atoms with Crippen LogP contribution in [0.5, 0.6) is 11.8 Å². The maximum absolute atomic E-state index is 11.4. The van der Waals surface area contributed by atoms with Crippen molar-refractivity contribution in [1.29, 1.82) is 0 Å². The van der Waals surface area contributed by atoms with E-state index >= 15 is 0 Å². The molecule has 0 aliphatic carbocycles. The number of esters is 1. The summed E-state index contributed by atoms with van der Waals surface area (Å²) in [7, 11) is 0. The van der Waals surface area contributed by atoms with Gasteiger partial charge in [0.25, 0.3) is 5.91 Å². The molecule has 0 aliphatic rings. The van der Waals surface area contributed by atoms with Crippen LogP contribution in [0.25, 0.3) is 0 Å². The van der Waals surface area contributed by atoms with Gasteiger partial charge in [-0.2, -0.15) is 4.98 Å². The Kier molecular flexibility index (Phi) is 3.99. The largest absolute Gasteiger partial charge is 0.461 e. The third kappa shape index (κ3) is 2.94. The lowest BCUT2D eigenvalue weighted by atomic mass is 10.2. The summed E-state index contributed by atoms with van der Waals surface area (Å²) in [6.07, 6.45) is 0.932. The number of carbonyl (C=O) groups excluding carboxylic acids is 2. The summed E-state index contributed by atoms with van der Waals surface area (Å²) in [6, 6.07) is 6.35. The maximum Gasteiger partial charge on any atom is 0.399 e. The molecule has 0 spiro atoms. The van der Waals surface area contributed by atoms with E-state index < -0.39 is 11.9 Å². The summed E-state index contributed by atoms with van der Waals surface area (Å²) in [4.78, 5) is 26.4. The van der Waals surface area contributed by atoms with Crippen molar-refractivity contribution in [2.45, 2.75) is 6.92 Å². The van der Waals surface area contributed by atoms with Gasteiger partial charge >= 0.3 is 12.0 Å². The van der Waals surface area contributed by atoms with Gasteiger partial charge in [0.1, 0.15) is 12.0 Å². The molecule has 2 rings (SSSR count). The molecule has 0 saturated carbocycles. The summed E-state index contributed by atoms with van der Waals surface area (Å²) < 4.78 is 15.0. The second-order valence-electron chi connectivity index (χ2n) is 3.68. The minimum atomic E-state index is -0.641. The first-order valence-electron chi connectivity index (χ1n) is 5.81. The number of hydrogen-bond donors (Lipinski definition) is 1. The monoisotopic (exact) mass is 276 g/mol. The number of carbonyl (C=O) groups is 2. The standard InChI is InChI=1S/C13H12N2O5/c1-2-18-12(17)9-7-19-13(15-9)20-10-6-4-3-5-8(10)11(14)16/h3-7H,2H2,1H3,(H2,14,16). The normalized spacial score (nSPS) is 10.1. The van der Waals surface area contributed by atoms with E-state index in [2.05, 4.69) is 4.98 Å². The molecule has 20 heavy (non-hydrogen) atoms. The van der Waals surface area contributed by atoms with Gasteiger partial charge in [-0.3, -0.25) is 4.79 Å². The summed E-state index contributed by atoms with van der Waals surface area (Å²) >= 11 is 0. The number of nitrogens with zero attached hydrogens (tertiary/aromatic N) is 1. The average Bonchev–Trinajstić information content (AvgIpc) is 2.88. The number of nitrogens with two attached hydrogens (primary N) is 1. The number of benzene rings is 1. The Balaban J connectivity index is 2.19. The highest BCUT2D eigenvalue weighted by atomic mass is 16.6. The molecular weight excluding hydrogens is 264 g/mol. The van der Waals surface area contributed by atoms with Crippen LogP contribution in [-0.2, 0) is 4.74 Å². The molecule has 1 aromatic carbocycles. The van der Waals surface area contributed by atoms with Crippen LogP contribution in [-0.4, -0.2) is 23.5 Å². The Morgan fingerprint density at radius 1 is 1.35 bits per heavy atom. The number of oxazole rings is 1. The first-order chi connectivity index (χ1) is 9.61. The van der Waals surface area contributed by atoms with Crippen LogP contribution in [0.4, 0.5) is 0 Å². The second-order valence-corrected chi connectivity index (χ2v) is 3.68. The zero-order valence-corrected chi connectivity index (χ0v) is 10.7. The fourth-order valence-electron chi connectivity index (χ4n) is 1.46. The molecule has 0 radical (unpaired) electrons. The lowest BCUT2D eigenvalue weighted by Crippen LogP contribution is -2.12. The first kappa shape index (κ1) is 13.6. The zero-order chi connectivity index (χ0) is 14.5. The Labute approximate surface area is 114 Å². The van der Waals surface area contributed by atoms with Gasteiger partial charge in [0.15, 0.2) is 5.69 Å². The van der Waals surface area contributed by atoms with E-state index in [0.717, 1.165) is 6.26 Å². The fourth-order valence-corrected chi connectivity index (χ4v) is 1.46. The van der Waals surface area contributed by atoms with E-state index in [9.17, 15) is 9.59 Å². The lowest BCUT2D eigenvalue weighted by molar-refractivity contribution is 0.0519. The van der Waals surface area contributed by atoms with E-state index in [1.165, 1.54) is 12.1 Å². The van der Waals surface area contributed by atoms with E-state index in [-0.39, 0.29) is 29.7 Å². The number of hydrogen-bond acceptors (Lipinski definition) is 6. The van der Waals surface area contributed by atoms with Crippen molar-refractivity contribution in [3.05, 3.63) is 41.8 Å². The van der Waals surface area contributed by atoms with E-state index in [4.69, 9.17) is 19.6 Å². The van der Waals surface area contributed by atoms with Gasteiger partial charge in [-0.25, -0.2) is 4.79 Å². The van der Waals surface area contributed by atoms with Crippen molar-refractivity contribution >= 4 is 11.9 Å². The summed E-state index contributed by atoms with van der Waals surface area (Å²) in [5.41, 5.74) is 5.39. The van der Waals surface area contributed by atoms with Crippen molar-refractivity contribution in [3.63, 3.8) is 0 Å². The number of ether oxygens (including phenoxy) is 2. The van der Waals surface area contributed by atoms with Gasteiger partial charge < -0.3 is 19.6 Å². The highest BCUT2D eigenvalue weighted by molar-refractivity contribution is 5.95. The van der Waals surface area contributed by atoms with Crippen LogP contribution in [0.1, 0.15) is 27.8 Å². The smallest absolute Gasteiger partial charge is 0.399 e. The molecule has 2 aromatic rings. The van der Waals surface area contributed by atoms with E-state index in [1.54, 1.807) is 19.1 Å². The number of primary amides is 1. The van der Waals surface area contributed by atoms with Crippen LogP contribution < -0.4 is 10.5 Å². The molecule has 2 N–H and O–H groups in total. The average molecular weight is 276 g/mol. The lowest BCUT2D eigenvalue weighted by Gasteiger charge is -2.04. The van der Waals surface area contributed by atoms with E-state index in [0.29, 0.717) is 0 Å². The summed E-state index contributed by atoms with van der Waals surface area (Å²) in [5, 5.41) is 0. The molecule has 0 aliphatic heterocycles. The van der Waals surface area contributed by atoms with E-state index in [1.807, 2.05) is 0 Å². The highest BCUT2D eigenvalue weighted by Crippen LogP contribution is 2.24. The minimum absolute atomic E-state index is 0.0154. The van der Waals surface area contributed by atoms with Crippen LogP contribution in [0, 0.1) is 0 Å². The molecule has 1 aromatic heterocycles. The molecule has 7 heteroatoms. The Bertz CT molecular complexity index is 635. The minimum Gasteiger partial charge on any atom is -0.461 e. The van der Waals surface area contributed by atoms with Gasteiger partial charge in [0.05, 0.1) is 12.2 Å². The molecule has 0 fully saturated rings. The molecule has 0 saturated heterocycles. The Morgan fingerprint density at radius 3 is 2.80 bits per heavy atom. The molecule has 1 heterocycles. The molecule has 1 amide bonds. The topological polar surface area (TPSA) is 105 Å². The number of amides is 1. The summed E-state index contributed by atoms with van der Waals surface area (Å²) in [5.74, 6) is -1.07. The second kappa shape index (κ2) is 5.87. The molecular formula is C13H12N2O5. The fraction of sp³-hybridized carbons (Fsp3) is 0.154. The number of aromatic nitrogens is 1. The van der Waals surface area contributed by atoms with Crippen molar-refractivity contribution in [2.24, 2.45) is 5.73 Å². The van der Waals surface area contributed by atoms with Crippen LogP contribution in [0.2, 0.25) is 0 Å². The highest BCUT2D eigenvalue weighted by Gasteiger charge is 2.16. The van der Waals surface area contributed by atoms with Gasteiger partial charge in [0.2, 0.25) is 0 Å². The summed E-state index contributed by atoms with van der Waals surface area (Å²) in [6.45, 7) is 1.91. The van der Waals surface area contributed by atoms with Crippen molar-refractivity contribution in [1.82, 2.24) is 4.98 Å². The Morgan fingerprint density at radius 2 is 2.10 bits per heavy atom. The predicted octanol–water partition coefficient (Wildman–Crippen LogP) is 1.74. The number of para-hydroxylation sites is 1. The number of rotatable bonds is 5. The maximum atomic E-state index is 11.4. The van der Waals surface area contributed by atoms with Crippen molar-refractivity contribution < 1.29 is 23.5 Å². The van der Waals surface area contributed by atoms with Gasteiger partial charge in [-0.1, -0.05) is 12.1 Å². The molecule has 0 atom stereocenters. The van der Waals surface area contributed by atoms with Gasteiger partial charge in [-0.15, -0.1) is 0 Å². The molecule has 0 bridgehead atoms. The third-order valence-corrected chi connectivity index (χ3v) is 2.32. The Hall–Kier alpha value is -2.83. The predicted molar refractivity (Wildman–Crippen MR) is 67.5 cm³/mol.